The van der Waals surface area contributed by atoms with Crippen molar-refractivity contribution >= 4 is 55.8 Å². The van der Waals surface area contributed by atoms with Gasteiger partial charge in [-0.3, -0.25) is 0 Å². The number of hydrogen-bond acceptors (Lipinski definition) is 0. The SMILES string of the molecule is C(=C\c1cccc(-c2ccc3c(c2)c2ccccc2n3-c2ccccc2)c1)/c1cccc(-c2cccc(-n3c4ccccc4c4ccccc43)c2)c1. The Labute approximate surface area is 302 Å². The summed E-state index contributed by atoms with van der Waals surface area (Å²) in [5.41, 5.74) is 14.4. The van der Waals surface area contributed by atoms with Crippen LogP contribution in [0.1, 0.15) is 11.1 Å². The van der Waals surface area contributed by atoms with Crippen molar-refractivity contribution in [3.63, 3.8) is 0 Å². The van der Waals surface area contributed by atoms with Crippen molar-refractivity contribution < 1.29 is 0 Å². The van der Waals surface area contributed by atoms with Crippen LogP contribution in [0.4, 0.5) is 0 Å². The van der Waals surface area contributed by atoms with Crippen molar-refractivity contribution in [3.8, 4) is 33.6 Å². The fraction of sp³-hybridized carbons (Fsp3) is 0. The third-order valence-electron chi connectivity index (χ3n) is 10.3. The number of rotatable bonds is 6. The van der Waals surface area contributed by atoms with E-state index in [2.05, 4.69) is 215 Å². The van der Waals surface area contributed by atoms with Crippen molar-refractivity contribution in [2.45, 2.75) is 0 Å². The van der Waals surface area contributed by atoms with Crippen LogP contribution in [0.25, 0.3) is 89.4 Å². The zero-order valence-electron chi connectivity index (χ0n) is 28.5. The molecule has 0 unspecified atom stereocenters. The van der Waals surface area contributed by atoms with E-state index < -0.39 is 0 Å². The van der Waals surface area contributed by atoms with Gasteiger partial charge in [0.05, 0.1) is 22.1 Å². The lowest BCUT2D eigenvalue weighted by molar-refractivity contribution is 1.18. The van der Waals surface area contributed by atoms with Gasteiger partial charge in [-0.05, 0) is 100 Å². The molecule has 0 aliphatic heterocycles. The molecule has 0 fully saturated rings. The Hall–Kier alpha value is -6.90. The van der Waals surface area contributed by atoms with Gasteiger partial charge in [0.25, 0.3) is 0 Å². The quantitative estimate of drug-likeness (QED) is 0.157. The van der Waals surface area contributed by atoms with Gasteiger partial charge in [-0.1, -0.05) is 140 Å². The van der Waals surface area contributed by atoms with Crippen LogP contribution in [0.5, 0.6) is 0 Å². The molecule has 0 amide bonds. The Morgan fingerprint density at radius 2 is 0.692 bits per heavy atom. The number of hydrogen-bond donors (Lipinski definition) is 0. The average Bonchev–Trinajstić information content (AvgIpc) is 3.73. The molecular formula is C50H34N2. The van der Waals surface area contributed by atoms with Crippen LogP contribution < -0.4 is 0 Å². The molecule has 8 aromatic carbocycles. The topological polar surface area (TPSA) is 9.86 Å². The molecule has 2 heteroatoms. The molecule has 0 saturated heterocycles. The molecule has 10 rings (SSSR count). The number of aromatic nitrogens is 2. The van der Waals surface area contributed by atoms with Crippen LogP contribution in [0, 0.1) is 0 Å². The molecular weight excluding hydrogens is 629 g/mol. The largest absolute Gasteiger partial charge is 0.309 e. The van der Waals surface area contributed by atoms with Crippen molar-refractivity contribution in [2.75, 3.05) is 0 Å². The molecule has 0 saturated carbocycles. The first-order valence-electron chi connectivity index (χ1n) is 17.8. The van der Waals surface area contributed by atoms with Gasteiger partial charge in [0.2, 0.25) is 0 Å². The molecule has 2 aromatic heterocycles. The molecule has 0 atom stereocenters. The van der Waals surface area contributed by atoms with Crippen molar-refractivity contribution in [2.24, 2.45) is 0 Å². The van der Waals surface area contributed by atoms with Crippen molar-refractivity contribution in [1.29, 1.82) is 0 Å². The van der Waals surface area contributed by atoms with E-state index in [1.807, 2.05) is 0 Å². The van der Waals surface area contributed by atoms with E-state index in [0.717, 1.165) is 5.69 Å². The fourth-order valence-electron chi connectivity index (χ4n) is 7.87. The van der Waals surface area contributed by atoms with Gasteiger partial charge >= 0.3 is 0 Å². The first kappa shape index (κ1) is 30.0. The lowest BCUT2D eigenvalue weighted by Crippen LogP contribution is -1.94. The van der Waals surface area contributed by atoms with E-state index in [1.165, 1.54) is 82.7 Å². The molecule has 2 nitrogen and oxygen atoms in total. The Kier molecular flexibility index (Phi) is 7.18. The maximum absolute atomic E-state index is 2.38. The summed E-state index contributed by atoms with van der Waals surface area (Å²) < 4.78 is 4.74. The zero-order valence-corrected chi connectivity index (χ0v) is 28.5. The van der Waals surface area contributed by atoms with Gasteiger partial charge in [-0.15, -0.1) is 0 Å². The predicted octanol–water partition coefficient (Wildman–Crippen LogP) is 13.4. The standard InChI is InChI=1S/C50H34N2/c1-2-18-41(19-3-1)51-49-26-9-6-23-45(49)46-34-40(29-30-50(46)51)38-16-11-14-36(32-38)28-27-35-13-10-15-37(31-35)39-17-12-20-42(33-39)52-47-24-7-4-21-43(47)44-22-5-8-25-48(44)52/h1-34H/b28-27+. The van der Waals surface area contributed by atoms with Crippen LogP contribution in [0.3, 0.4) is 0 Å². The number of para-hydroxylation sites is 4. The highest BCUT2D eigenvalue weighted by Gasteiger charge is 2.14. The summed E-state index contributed by atoms with van der Waals surface area (Å²) in [7, 11) is 0. The maximum atomic E-state index is 2.38. The first-order chi connectivity index (χ1) is 25.8. The fourth-order valence-corrected chi connectivity index (χ4v) is 7.87. The third kappa shape index (κ3) is 5.12. The van der Waals surface area contributed by atoms with Gasteiger partial charge in [0.1, 0.15) is 0 Å². The summed E-state index contributed by atoms with van der Waals surface area (Å²) in [6, 6.07) is 70.1. The van der Waals surface area contributed by atoms with E-state index in [0.29, 0.717) is 0 Å². The molecule has 0 aliphatic rings. The highest BCUT2D eigenvalue weighted by Crippen LogP contribution is 2.36. The third-order valence-corrected chi connectivity index (χ3v) is 10.3. The molecule has 0 N–H and O–H groups in total. The highest BCUT2D eigenvalue weighted by atomic mass is 15.0. The van der Waals surface area contributed by atoms with Gasteiger partial charge in [-0.2, -0.15) is 0 Å². The lowest BCUT2D eigenvalue weighted by Gasteiger charge is -2.11. The Morgan fingerprint density at radius 1 is 0.269 bits per heavy atom. The Balaban J connectivity index is 0.966. The summed E-state index contributed by atoms with van der Waals surface area (Å²) in [5, 5.41) is 5.07. The number of fused-ring (bicyclic) bond motifs is 6. The average molecular weight is 663 g/mol. The minimum atomic E-state index is 1.16. The zero-order chi connectivity index (χ0) is 34.4. The maximum Gasteiger partial charge on any atom is 0.0541 e. The van der Waals surface area contributed by atoms with Gasteiger partial charge in [-0.25, -0.2) is 0 Å². The van der Waals surface area contributed by atoms with Gasteiger partial charge < -0.3 is 9.13 Å². The van der Waals surface area contributed by atoms with Crippen molar-refractivity contribution in [1.82, 2.24) is 9.13 Å². The smallest absolute Gasteiger partial charge is 0.0541 e. The summed E-state index contributed by atoms with van der Waals surface area (Å²) in [5.74, 6) is 0. The van der Waals surface area contributed by atoms with E-state index >= 15 is 0 Å². The molecule has 0 aliphatic carbocycles. The van der Waals surface area contributed by atoms with Crippen LogP contribution in [0.2, 0.25) is 0 Å². The molecule has 52 heavy (non-hydrogen) atoms. The van der Waals surface area contributed by atoms with Gasteiger partial charge in [0.15, 0.2) is 0 Å². The second kappa shape index (κ2) is 12.5. The normalized spacial score (nSPS) is 11.8. The molecule has 10 aromatic rings. The molecule has 0 radical (unpaired) electrons. The molecule has 0 spiro atoms. The van der Waals surface area contributed by atoms with E-state index in [9.17, 15) is 0 Å². The predicted molar refractivity (Wildman–Crippen MR) is 221 cm³/mol. The van der Waals surface area contributed by atoms with Crippen LogP contribution in [0.15, 0.2) is 194 Å². The lowest BCUT2D eigenvalue weighted by atomic mass is 9.99. The summed E-state index contributed by atoms with van der Waals surface area (Å²) in [6.07, 6.45) is 4.44. The van der Waals surface area contributed by atoms with Gasteiger partial charge in [0, 0.05) is 32.9 Å². The van der Waals surface area contributed by atoms with E-state index in [-0.39, 0.29) is 0 Å². The minimum Gasteiger partial charge on any atom is -0.309 e. The Bertz CT molecular complexity index is 2900. The number of benzene rings is 8. The minimum absolute atomic E-state index is 1.16. The summed E-state index contributed by atoms with van der Waals surface area (Å²) in [6.45, 7) is 0. The van der Waals surface area contributed by atoms with Crippen molar-refractivity contribution in [3.05, 3.63) is 205 Å². The Morgan fingerprint density at radius 3 is 1.29 bits per heavy atom. The molecule has 244 valence electrons. The second-order valence-corrected chi connectivity index (χ2v) is 13.4. The van der Waals surface area contributed by atoms with Crippen LogP contribution in [-0.4, -0.2) is 9.13 Å². The van der Waals surface area contributed by atoms with Crippen LogP contribution >= 0.6 is 0 Å². The summed E-state index contributed by atoms with van der Waals surface area (Å²) in [4.78, 5) is 0. The molecule has 2 heterocycles. The van der Waals surface area contributed by atoms with E-state index in [4.69, 9.17) is 0 Å². The van der Waals surface area contributed by atoms with Crippen LogP contribution in [-0.2, 0) is 0 Å². The second-order valence-electron chi connectivity index (χ2n) is 13.4. The summed E-state index contributed by atoms with van der Waals surface area (Å²) >= 11 is 0. The number of nitrogens with zero attached hydrogens (tertiary/aromatic N) is 2. The van der Waals surface area contributed by atoms with E-state index in [1.54, 1.807) is 0 Å². The monoisotopic (exact) mass is 662 g/mol. The first-order valence-corrected chi connectivity index (χ1v) is 17.8. The highest BCUT2D eigenvalue weighted by molar-refractivity contribution is 6.11. The molecule has 0 bridgehead atoms.